The highest BCUT2D eigenvalue weighted by Crippen LogP contribution is 2.47. The summed E-state index contributed by atoms with van der Waals surface area (Å²) in [6.45, 7) is 0. The number of phosphoric ester groups is 1. The Morgan fingerprint density at radius 1 is 1.15 bits per heavy atom. The predicted octanol–water partition coefficient (Wildman–Crippen LogP) is 3.35. The summed E-state index contributed by atoms with van der Waals surface area (Å²) >= 11 is 12.2. The maximum absolute atomic E-state index is 11.2. The molecule has 0 saturated heterocycles. The monoisotopic (exact) mass is 466 g/mol. The number of rotatable bonds is 6. The topological polar surface area (TPSA) is 55.8 Å². The average Bonchev–Trinajstić information content (AvgIpc) is 2.02. The molecule has 4 nitrogen and oxygen atoms in total. The second-order valence-electron chi connectivity index (χ2n) is 1.81. The summed E-state index contributed by atoms with van der Waals surface area (Å²) in [5.41, 5.74) is 0. The van der Waals surface area contributed by atoms with Gasteiger partial charge in [-0.1, -0.05) is 63.7 Å². The molecule has 2 unspecified atom stereocenters. The van der Waals surface area contributed by atoms with Crippen LogP contribution in [0.5, 0.6) is 0 Å². The third-order valence-electron chi connectivity index (χ3n) is 0.738. The van der Waals surface area contributed by atoms with Crippen molar-refractivity contribution < 1.29 is 18.5 Å². The van der Waals surface area contributed by atoms with Crippen molar-refractivity contribution in [1.29, 1.82) is 0 Å². The van der Waals surface area contributed by atoms with Gasteiger partial charge in [-0.05, 0) is 0 Å². The molecule has 0 aliphatic rings. The Labute approximate surface area is 110 Å². The predicted molar refractivity (Wildman–Crippen MR) is 65.0 cm³/mol. The van der Waals surface area contributed by atoms with E-state index in [4.69, 9.17) is 4.89 Å². The molecule has 0 radical (unpaired) electrons. The quantitative estimate of drug-likeness (QED) is 0.479. The zero-order valence-electron chi connectivity index (χ0n) is 6.20. The summed E-state index contributed by atoms with van der Waals surface area (Å²) in [7, 11) is -3.99. The fraction of sp³-hybridized carbons (Fsp3) is 1.00. The molecule has 9 heteroatoms. The minimum Gasteiger partial charge on any atom is -0.302 e. The van der Waals surface area contributed by atoms with Gasteiger partial charge in [0, 0.05) is 10.7 Å². The third kappa shape index (κ3) is 7.90. The Hall–Kier alpha value is 2.03. The lowest BCUT2D eigenvalue weighted by molar-refractivity contribution is 0.147. The van der Waals surface area contributed by atoms with Crippen LogP contribution < -0.4 is 0 Å². The summed E-state index contributed by atoms with van der Waals surface area (Å²) in [5, 5.41) is -0.332. The van der Waals surface area contributed by atoms with Gasteiger partial charge < -0.3 is 4.89 Å². The van der Waals surface area contributed by atoms with Gasteiger partial charge in [-0.25, -0.2) is 4.57 Å². The molecule has 0 spiro atoms. The minimum absolute atomic E-state index is 0.391. The van der Waals surface area contributed by atoms with Crippen LogP contribution in [0, 0.1) is 0 Å². The first kappa shape index (κ1) is 15.0. The normalized spacial score (nSPS) is 20.7. The fourth-order valence-corrected chi connectivity index (χ4v) is 3.09. The number of alkyl halides is 4. The first-order chi connectivity index (χ1) is 5.91. The van der Waals surface area contributed by atoms with E-state index in [1.54, 1.807) is 0 Å². The molecule has 13 heavy (non-hydrogen) atoms. The molecular formula is C4H7Br4O4P. The minimum atomic E-state index is -3.99. The molecule has 2 atom stereocenters. The van der Waals surface area contributed by atoms with Gasteiger partial charge >= 0.3 is 7.82 Å². The van der Waals surface area contributed by atoms with E-state index in [9.17, 15) is 4.57 Å². The second-order valence-corrected chi connectivity index (χ2v) is 6.50. The van der Waals surface area contributed by atoms with Crippen LogP contribution in [0.4, 0.5) is 0 Å². The van der Waals surface area contributed by atoms with Crippen LogP contribution in [-0.4, -0.2) is 25.6 Å². The van der Waals surface area contributed by atoms with E-state index in [1.807, 2.05) is 0 Å². The van der Waals surface area contributed by atoms with Crippen LogP contribution in [0.25, 0.3) is 0 Å². The van der Waals surface area contributed by atoms with Crippen molar-refractivity contribution in [2.24, 2.45) is 0 Å². The summed E-state index contributed by atoms with van der Waals surface area (Å²) in [6.07, 6.45) is 0. The van der Waals surface area contributed by atoms with E-state index in [0.717, 1.165) is 0 Å². The Balaban J connectivity index is 4.00. The maximum atomic E-state index is 11.2. The van der Waals surface area contributed by atoms with Gasteiger partial charge in [0.1, 0.15) is 10.0 Å². The molecule has 0 bridgehead atoms. The maximum Gasteiger partial charge on any atom is 0.474 e. The smallest absolute Gasteiger partial charge is 0.302 e. The van der Waals surface area contributed by atoms with Crippen molar-refractivity contribution in [2.45, 2.75) is 10.0 Å². The highest BCUT2D eigenvalue weighted by molar-refractivity contribution is 9.12. The van der Waals surface area contributed by atoms with E-state index >= 15 is 0 Å². The lowest BCUT2D eigenvalue weighted by Gasteiger charge is -2.16. The van der Waals surface area contributed by atoms with Crippen molar-refractivity contribution in [3.05, 3.63) is 0 Å². The fourth-order valence-electron chi connectivity index (χ4n) is 0.370. The molecule has 80 valence electrons. The molecule has 0 aromatic rings. The SMILES string of the molecule is O=P(O)(OC(Br)CBr)OC(Br)CBr. The molecular weight excluding hydrogens is 463 g/mol. The third-order valence-corrected chi connectivity index (χ3v) is 6.29. The van der Waals surface area contributed by atoms with E-state index in [1.165, 1.54) is 0 Å². The van der Waals surface area contributed by atoms with Crippen LogP contribution >= 0.6 is 71.5 Å². The zero-order valence-corrected chi connectivity index (χ0v) is 13.4. The summed E-state index contributed by atoms with van der Waals surface area (Å²) in [4.78, 5) is 9.13. The van der Waals surface area contributed by atoms with Crippen LogP contribution in [0.15, 0.2) is 0 Å². The average molecular weight is 470 g/mol. The lowest BCUT2D eigenvalue weighted by atomic mass is 10.9. The Morgan fingerprint density at radius 3 is 1.69 bits per heavy atom. The van der Waals surface area contributed by atoms with Crippen molar-refractivity contribution in [3.8, 4) is 0 Å². The number of phosphoric acid groups is 1. The number of halogens is 4. The highest BCUT2D eigenvalue weighted by atomic mass is 79.9. The van der Waals surface area contributed by atoms with Crippen LogP contribution in [0.2, 0.25) is 0 Å². The molecule has 0 aliphatic heterocycles. The van der Waals surface area contributed by atoms with E-state index < -0.39 is 17.8 Å². The van der Waals surface area contributed by atoms with Crippen molar-refractivity contribution in [2.75, 3.05) is 10.7 Å². The molecule has 0 aromatic heterocycles. The van der Waals surface area contributed by atoms with E-state index in [2.05, 4.69) is 72.8 Å². The highest BCUT2D eigenvalue weighted by Gasteiger charge is 2.27. The van der Waals surface area contributed by atoms with Crippen molar-refractivity contribution in [3.63, 3.8) is 0 Å². The Bertz CT molecular complexity index is 175. The van der Waals surface area contributed by atoms with Crippen molar-refractivity contribution in [1.82, 2.24) is 0 Å². The molecule has 1 N–H and O–H groups in total. The molecule has 0 heterocycles. The molecule has 0 rings (SSSR count). The molecule has 0 aromatic carbocycles. The summed E-state index contributed by atoms with van der Waals surface area (Å²) in [6, 6.07) is 0. The first-order valence-corrected chi connectivity index (χ1v) is 8.58. The molecule has 0 saturated carbocycles. The lowest BCUT2D eigenvalue weighted by Crippen LogP contribution is -2.10. The number of hydrogen-bond donors (Lipinski definition) is 1. The summed E-state index contributed by atoms with van der Waals surface area (Å²) in [5.74, 6) is 0. The van der Waals surface area contributed by atoms with Gasteiger partial charge in [-0.2, -0.15) is 0 Å². The Kier molecular flexibility index (Phi) is 8.47. The molecule has 0 amide bonds. The van der Waals surface area contributed by atoms with Crippen LogP contribution in [-0.2, 0) is 13.6 Å². The Morgan fingerprint density at radius 2 is 1.46 bits per heavy atom. The first-order valence-electron chi connectivity index (χ1n) is 3.01. The largest absolute Gasteiger partial charge is 0.474 e. The van der Waals surface area contributed by atoms with E-state index in [0.29, 0.717) is 10.7 Å². The standard InChI is InChI=1S/C4H7Br4O4P/c5-1-3(7)11-13(9,10)12-4(8)2-6/h3-4H,1-2H2,(H,9,10). The van der Waals surface area contributed by atoms with Gasteiger partial charge in [-0.3, -0.25) is 9.05 Å². The van der Waals surface area contributed by atoms with Gasteiger partial charge in [0.15, 0.2) is 0 Å². The number of hydrogen-bond acceptors (Lipinski definition) is 3. The van der Waals surface area contributed by atoms with Gasteiger partial charge in [0.05, 0.1) is 0 Å². The van der Waals surface area contributed by atoms with Crippen LogP contribution in [0.3, 0.4) is 0 Å². The van der Waals surface area contributed by atoms with Gasteiger partial charge in [0.2, 0.25) is 0 Å². The molecule has 0 fully saturated rings. The van der Waals surface area contributed by atoms with E-state index in [-0.39, 0.29) is 0 Å². The van der Waals surface area contributed by atoms with Crippen molar-refractivity contribution >= 4 is 71.5 Å². The van der Waals surface area contributed by atoms with Crippen LogP contribution in [0.1, 0.15) is 0 Å². The van der Waals surface area contributed by atoms with Gasteiger partial charge in [-0.15, -0.1) is 0 Å². The zero-order chi connectivity index (χ0) is 10.5. The van der Waals surface area contributed by atoms with Gasteiger partial charge in [0.25, 0.3) is 0 Å². The molecule has 0 aliphatic carbocycles. The summed E-state index contributed by atoms with van der Waals surface area (Å²) < 4.78 is 20.5. The second kappa shape index (κ2) is 7.33.